The molecule has 2 aromatic rings. The number of benzene rings is 2. The summed E-state index contributed by atoms with van der Waals surface area (Å²) in [7, 11) is 1.51. The first-order valence-corrected chi connectivity index (χ1v) is 6.83. The second-order valence-corrected chi connectivity index (χ2v) is 5.49. The van der Waals surface area contributed by atoms with Gasteiger partial charge in [0.15, 0.2) is 5.60 Å². The summed E-state index contributed by atoms with van der Waals surface area (Å²) < 4.78 is 5.32. The molecule has 0 saturated carbocycles. The molecule has 2 N–H and O–H groups in total. The maximum absolute atomic E-state index is 12.4. The van der Waals surface area contributed by atoms with Crippen molar-refractivity contribution in [3.63, 3.8) is 0 Å². The molecular weight excluding hydrogens is 290 g/mol. The van der Waals surface area contributed by atoms with Gasteiger partial charge >= 0.3 is 0 Å². The zero-order chi connectivity index (χ0) is 15.2. The van der Waals surface area contributed by atoms with E-state index in [1.165, 1.54) is 7.11 Å². The summed E-state index contributed by atoms with van der Waals surface area (Å²) in [6, 6.07) is 10.2. The summed E-state index contributed by atoms with van der Waals surface area (Å²) in [5.41, 5.74) is 0.550. The van der Waals surface area contributed by atoms with Crippen molar-refractivity contribution < 1.29 is 14.6 Å². The standard InChI is InChI=1S/C16H14ClNO3/c1-9-3-5-11(14(7-9)21-2)16(20)12-8-10(17)4-6-13(12)18-15(16)19/h3-8,20H,1-2H3,(H,18,19). The molecule has 2 aromatic carbocycles. The molecule has 1 heterocycles. The van der Waals surface area contributed by atoms with E-state index in [0.717, 1.165) is 5.56 Å². The smallest absolute Gasteiger partial charge is 0.266 e. The lowest BCUT2D eigenvalue weighted by Gasteiger charge is -2.24. The Labute approximate surface area is 127 Å². The van der Waals surface area contributed by atoms with Crippen LogP contribution in [0.5, 0.6) is 5.75 Å². The molecule has 0 saturated heterocycles. The van der Waals surface area contributed by atoms with Crippen LogP contribution >= 0.6 is 11.6 Å². The normalized spacial score (nSPS) is 20.1. The van der Waals surface area contributed by atoms with Crippen molar-refractivity contribution in [2.24, 2.45) is 0 Å². The van der Waals surface area contributed by atoms with E-state index in [1.807, 2.05) is 13.0 Å². The number of anilines is 1. The molecule has 3 rings (SSSR count). The minimum atomic E-state index is -1.81. The third-order valence-corrected chi connectivity index (χ3v) is 3.93. The van der Waals surface area contributed by atoms with Crippen LogP contribution in [0, 0.1) is 6.92 Å². The van der Waals surface area contributed by atoms with Gasteiger partial charge in [0.1, 0.15) is 5.75 Å². The van der Waals surface area contributed by atoms with Gasteiger partial charge in [-0.05, 0) is 36.8 Å². The number of amides is 1. The monoisotopic (exact) mass is 303 g/mol. The van der Waals surface area contributed by atoms with Gasteiger partial charge in [-0.25, -0.2) is 0 Å². The summed E-state index contributed by atoms with van der Waals surface area (Å²) in [5, 5.41) is 14.2. The molecular formula is C16H14ClNO3. The number of ether oxygens (including phenoxy) is 1. The second-order valence-electron chi connectivity index (χ2n) is 5.06. The Balaban J connectivity index is 2.27. The molecule has 1 unspecified atom stereocenters. The summed E-state index contributed by atoms with van der Waals surface area (Å²) in [6.07, 6.45) is 0. The Bertz CT molecular complexity index is 744. The number of fused-ring (bicyclic) bond motifs is 1. The average molecular weight is 304 g/mol. The number of hydrogen-bond donors (Lipinski definition) is 2. The van der Waals surface area contributed by atoms with Crippen LogP contribution in [0.25, 0.3) is 0 Å². The average Bonchev–Trinajstić information content (AvgIpc) is 2.71. The number of nitrogens with one attached hydrogen (secondary N) is 1. The Morgan fingerprint density at radius 3 is 2.67 bits per heavy atom. The van der Waals surface area contributed by atoms with Gasteiger partial charge in [0.2, 0.25) is 0 Å². The van der Waals surface area contributed by atoms with Gasteiger partial charge in [-0.2, -0.15) is 0 Å². The third-order valence-electron chi connectivity index (χ3n) is 3.70. The summed E-state index contributed by atoms with van der Waals surface area (Å²) in [6.45, 7) is 1.91. The Hall–Kier alpha value is -2.04. The summed E-state index contributed by atoms with van der Waals surface area (Å²) in [4.78, 5) is 12.4. The van der Waals surface area contributed by atoms with E-state index in [4.69, 9.17) is 16.3 Å². The molecule has 0 radical (unpaired) electrons. The van der Waals surface area contributed by atoms with Crippen LogP contribution < -0.4 is 10.1 Å². The number of aryl methyl sites for hydroxylation is 1. The van der Waals surface area contributed by atoms with E-state index in [1.54, 1.807) is 30.3 Å². The van der Waals surface area contributed by atoms with Crippen LogP contribution in [0.2, 0.25) is 5.02 Å². The van der Waals surface area contributed by atoms with Crippen molar-refractivity contribution in [3.8, 4) is 5.75 Å². The minimum absolute atomic E-state index is 0.397. The fourth-order valence-corrected chi connectivity index (χ4v) is 2.80. The molecule has 4 nitrogen and oxygen atoms in total. The van der Waals surface area contributed by atoms with Crippen LogP contribution in [0.4, 0.5) is 5.69 Å². The van der Waals surface area contributed by atoms with Gasteiger partial charge in [-0.1, -0.05) is 23.7 Å². The number of aliphatic hydroxyl groups is 1. The molecule has 5 heteroatoms. The molecule has 0 bridgehead atoms. The van der Waals surface area contributed by atoms with Crippen LogP contribution in [-0.2, 0) is 10.4 Å². The molecule has 1 atom stereocenters. The molecule has 0 aromatic heterocycles. The minimum Gasteiger partial charge on any atom is -0.496 e. The van der Waals surface area contributed by atoms with Crippen molar-refractivity contribution >= 4 is 23.2 Å². The van der Waals surface area contributed by atoms with Crippen LogP contribution in [0.3, 0.4) is 0 Å². The van der Waals surface area contributed by atoms with E-state index >= 15 is 0 Å². The molecule has 1 amide bonds. The Kier molecular flexibility index (Phi) is 3.15. The zero-order valence-corrected chi connectivity index (χ0v) is 12.4. The van der Waals surface area contributed by atoms with E-state index < -0.39 is 11.5 Å². The largest absolute Gasteiger partial charge is 0.496 e. The van der Waals surface area contributed by atoms with Crippen molar-refractivity contribution in [3.05, 3.63) is 58.1 Å². The van der Waals surface area contributed by atoms with Crippen molar-refractivity contribution in [2.45, 2.75) is 12.5 Å². The van der Waals surface area contributed by atoms with Crippen LogP contribution in [0.1, 0.15) is 16.7 Å². The maximum atomic E-state index is 12.4. The SMILES string of the molecule is COc1cc(C)ccc1C1(O)C(=O)Nc2ccc(Cl)cc21. The first kappa shape index (κ1) is 13.9. The highest BCUT2D eigenvalue weighted by Crippen LogP contribution is 2.45. The fraction of sp³-hybridized carbons (Fsp3) is 0.188. The lowest BCUT2D eigenvalue weighted by atomic mass is 9.86. The van der Waals surface area contributed by atoms with Gasteiger partial charge in [-0.15, -0.1) is 0 Å². The van der Waals surface area contributed by atoms with Crippen molar-refractivity contribution in [1.82, 2.24) is 0 Å². The van der Waals surface area contributed by atoms with Crippen molar-refractivity contribution in [1.29, 1.82) is 0 Å². The van der Waals surface area contributed by atoms with Gasteiger partial charge in [0.25, 0.3) is 5.91 Å². The Morgan fingerprint density at radius 1 is 1.19 bits per heavy atom. The second kappa shape index (κ2) is 4.76. The molecule has 1 aliphatic heterocycles. The van der Waals surface area contributed by atoms with Gasteiger partial charge in [0.05, 0.1) is 7.11 Å². The highest BCUT2D eigenvalue weighted by Gasteiger charge is 2.48. The molecule has 0 fully saturated rings. The first-order valence-electron chi connectivity index (χ1n) is 6.46. The molecule has 0 spiro atoms. The Morgan fingerprint density at radius 2 is 1.95 bits per heavy atom. The maximum Gasteiger partial charge on any atom is 0.266 e. The number of rotatable bonds is 2. The van der Waals surface area contributed by atoms with Crippen LogP contribution in [-0.4, -0.2) is 18.1 Å². The number of carbonyl (C=O) groups excluding carboxylic acids is 1. The summed E-state index contributed by atoms with van der Waals surface area (Å²) in [5.74, 6) is -0.0533. The quantitative estimate of drug-likeness (QED) is 0.897. The topological polar surface area (TPSA) is 58.6 Å². The third kappa shape index (κ3) is 1.99. The van der Waals surface area contributed by atoms with E-state index in [9.17, 15) is 9.90 Å². The molecule has 1 aliphatic rings. The highest BCUT2D eigenvalue weighted by molar-refractivity contribution is 6.31. The van der Waals surface area contributed by atoms with Gasteiger partial charge in [-0.3, -0.25) is 4.79 Å². The first-order chi connectivity index (χ1) is 9.96. The lowest BCUT2D eigenvalue weighted by Crippen LogP contribution is -2.35. The van der Waals surface area contributed by atoms with Gasteiger partial charge < -0.3 is 15.2 Å². The number of methoxy groups -OCH3 is 1. The van der Waals surface area contributed by atoms with E-state index in [2.05, 4.69) is 5.32 Å². The lowest BCUT2D eigenvalue weighted by molar-refractivity contribution is -0.129. The molecule has 0 aliphatic carbocycles. The molecule has 21 heavy (non-hydrogen) atoms. The number of halogens is 1. The van der Waals surface area contributed by atoms with Crippen LogP contribution in [0.15, 0.2) is 36.4 Å². The predicted octanol–water partition coefficient (Wildman–Crippen LogP) is 2.85. The van der Waals surface area contributed by atoms with E-state index in [0.29, 0.717) is 27.6 Å². The summed E-state index contributed by atoms with van der Waals surface area (Å²) >= 11 is 6.00. The number of hydrogen-bond acceptors (Lipinski definition) is 3. The van der Waals surface area contributed by atoms with Gasteiger partial charge in [0, 0.05) is 21.8 Å². The number of carbonyl (C=O) groups is 1. The predicted molar refractivity (Wildman–Crippen MR) is 80.8 cm³/mol. The fourth-order valence-electron chi connectivity index (χ4n) is 2.62. The highest BCUT2D eigenvalue weighted by atomic mass is 35.5. The molecule has 108 valence electrons. The van der Waals surface area contributed by atoms with Crippen molar-refractivity contribution in [2.75, 3.05) is 12.4 Å². The van der Waals surface area contributed by atoms with E-state index in [-0.39, 0.29) is 0 Å². The zero-order valence-electron chi connectivity index (χ0n) is 11.6.